The Morgan fingerprint density at radius 3 is 2.50 bits per heavy atom. The highest BCUT2D eigenvalue weighted by molar-refractivity contribution is 7.80. The molecular weight excluding hydrogens is 148 g/mol. The number of nitrogens with two attached hydrogens (primary N) is 1. The van der Waals surface area contributed by atoms with Crippen molar-refractivity contribution in [1.29, 1.82) is 0 Å². The Morgan fingerprint density at radius 1 is 1.40 bits per heavy atom. The fourth-order valence-corrected chi connectivity index (χ4v) is 1.25. The van der Waals surface area contributed by atoms with Crippen molar-refractivity contribution < 1.29 is 0 Å². The zero-order valence-corrected chi connectivity index (χ0v) is 6.47. The van der Waals surface area contributed by atoms with Gasteiger partial charge in [-0.1, -0.05) is 5.22 Å². The Labute approximate surface area is 65.1 Å². The van der Waals surface area contributed by atoms with Crippen LogP contribution in [0.15, 0.2) is 10.3 Å². The van der Waals surface area contributed by atoms with Crippen LogP contribution >= 0.6 is 12.2 Å². The molecule has 2 N–H and O–H groups in total. The number of nitrogens with zero attached hydrogens (tertiary/aromatic N) is 3. The molecule has 0 aromatic carbocycles. The first-order chi connectivity index (χ1) is 4.84. The molecule has 1 aliphatic heterocycles. The van der Waals surface area contributed by atoms with E-state index >= 15 is 0 Å². The van der Waals surface area contributed by atoms with Crippen LogP contribution in [0.25, 0.3) is 0 Å². The molecule has 1 saturated heterocycles. The van der Waals surface area contributed by atoms with Crippen LogP contribution in [0.4, 0.5) is 0 Å². The van der Waals surface area contributed by atoms with Crippen LogP contribution in [0, 0.1) is 0 Å². The zero-order valence-electron chi connectivity index (χ0n) is 5.66. The predicted molar refractivity (Wildman–Crippen MR) is 42.4 cm³/mol. The summed E-state index contributed by atoms with van der Waals surface area (Å²) in [6, 6.07) is 0. The van der Waals surface area contributed by atoms with E-state index in [1.165, 1.54) is 12.8 Å². The molecule has 0 aromatic rings. The van der Waals surface area contributed by atoms with Gasteiger partial charge in [0.15, 0.2) is 0 Å². The molecule has 5 heteroatoms. The molecule has 0 amide bonds. The van der Waals surface area contributed by atoms with Crippen molar-refractivity contribution in [2.75, 3.05) is 13.1 Å². The maximum Gasteiger partial charge on any atom is 0.218 e. The van der Waals surface area contributed by atoms with Crippen LogP contribution in [0.1, 0.15) is 12.8 Å². The van der Waals surface area contributed by atoms with E-state index in [4.69, 9.17) is 18.1 Å². The summed E-state index contributed by atoms with van der Waals surface area (Å²) in [5.74, 6) is 4.84. The third kappa shape index (κ3) is 1.63. The monoisotopic (exact) mass is 158 g/mol. The summed E-state index contributed by atoms with van der Waals surface area (Å²) in [6.07, 6.45) is 2.39. The van der Waals surface area contributed by atoms with Gasteiger partial charge < -0.3 is 10.7 Å². The minimum Gasteiger partial charge on any atom is -0.346 e. The number of likely N-dealkylation sites (tertiary alicyclic amines) is 1. The van der Waals surface area contributed by atoms with Gasteiger partial charge in [0.1, 0.15) is 0 Å². The second-order valence-electron chi connectivity index (χ2n) is 2.19. The van der Waals surface area contributed by atoms with E-state index in [1.54, 1.807) is 0 Å². The van der Waals surface area contributed by atoms with Crippen molar-refractivity contribution in [2.24, 2.45) is 16.2 Å². The topological polar surface area (TPSA) is 54.0 Å². The maximum absolute atomic E-state index is 4.90. The molecule has 1 rings (SSSR count). The lowest BCUT2D eigenvalue weighted by Crippen LogP contribution is -2.23. The Bertz CT molecular complexity index is 150. The molecule has 0 bridgehead atoms. The summed E-state index contributed by atoms with van der Waals surface area (Å²) in [5.41, 5.74) is 0. The Balaban J connectivity index is 2.40. The van der Waals surface area contributed by atoms with Gasteiger partial charge in [-0.2, -0.15) is 0 Å². The highest BCUT2D eigenvalue weighted by atomic mass is 32.1. The fraction of sp³-hybridized carbons (Fsp3) is 0.800. The van der Waals surface area contributed by atoms with Crippen LogP contribution < -0.4 is 5.84 Å². The lowest BCUT2D eigenvalue weighted by Gasteiger charge is -2.12. The standard InChI is InChI=1S/C5H10N4S/c6-8-7-5(10)9-3-1-2-4-9/h1-4H2,(H2,6,7,10). The Hall–Kier alpha value is -0.710. The van der Waals surface area contributed by atoms with Gasteiger partial charge in [-0.25, -0.2) is 0 Å². The van der Waals surface area contributed by atoms with Crippen LogP contribution in [0.2, 0.25) is 0 Å². The van der Waals surface area contributed by atoms with Gasteiger partial charge in [-0.3, -0.25) is 0 Å². The van der Waals surface area contributed by atoms with Crippen LogP contribution in [0.5, 0.6) is 0 Å². The molecule has 4 nitrogen and oxygen atoms in total. The minimum atomic E-state index is 0.514. The predicted octanol–water partition coefficient (Wildman–Crippen LogP) is 0.693. The normalized spacial score (nSPS) is 18.6. The number of thiocarbonyl (C=S) groups is 1. The SMILES string of the molecule is N/N=N/C(=S)N1CCCC1. The van der Waals surface area contributed by atoms with Gasteiger partial charge in [0.2, 0.25) is 5.11 Å². The fourth-order valence-electron chi connectivity index (χ4n) is 1.02. The first kappa shape index (κ1) is 7.40. The zero-order chi connectivity index (χ0) is 7.40. The third-order valence-corrected chi connectivity index (χ3v) is 1.86. The van der Waals surface area contributed by atoms with Crippen molar-refractivity contribution in [1.82, 2.24) is 4.90 Å². The molecule has 0 aliphatic carbocycles. The molecule has 0 spiro atoms. The van der Waals surface area contributed by atoms with Crippen molar-refractivity contribution in [3.63, 3.8) is 0 Å². The highest BCUT2D eigenvalue weighted by Crippen LogP contribution is 2.08. The quantitative estimate of drug-likeness (QED) is 0.244. The van der Waals surface area contributed by atoms with Gasteiger partial charge in [0.05, 0.1) is 0 Å². The average Bonchev–Trinajstić information content (AvgIpc) is 2.38. The summed E-state index contributed by atoms with van der Waals surface area (Å²) in [7, 11) is 0. The van der Waals surface area contributed by atoms with E-state index in [9.17, 15) is 0 Å². The summed E-state index contributed by atoms with van der Waals surface area (Å²) >= 11 is 4.90. The van der Waals surface area contributed by atoms with E-state index in [0.29, 0.717) is 5.11 Å². The number of rotatable bonds is 0. The first-order valence-electron chi connectivity index (χ1n) is 3.24. The molecule has 1 heterocycles. The molecule has 1 aliphatic rings. The lowest BCUT2D eigenvalue weighted by molar-refractivity contribution is 0.520. The second kappa shape index (κ2) is 3.46. The molecule has 0 radical (unpaired) electrons. The molecule has 56 valence electrons. The highest BCUT2D eigenvalue weighted by Gasteiger charge is 2.13. The molecule has 10 heavy (non-hydrogen) atoms. The number of hydrogen-bond acceptors (Lipinski definition) is 2. The van der Waals surface area contributed by atoms with Crippen molar-refractivity contribution in [3.05, 3.63) is 0 Å². The first-order valence-corrected chi connectivity index (χ1v) is 3.65. The van der Waals surface area contributed by atoms with Crippen LogP contribution in [-0.2, 0) is 0 Å². The van der Waals surface area contributed by atoms with Gasteiger partial charge >= 0.3 is 0 Å². The van der Waals surface area contributed by atoms with E-state index in [0.717, 1.165) is 13.1 Å². The molecule has 0 atom stereocenters. The van der Waals surface area contributed by atoms with Crippen LogP contribution in [0.3, 0.4) is 0 Å². The van der Waals surface area contributed by atoms with E-state index in [-0.39, 0.29) is 0 Å². The lowest BCUT2D eigenvalue weighted by atomic mass is 10.4. The minimum absolute atomic E-state index is 0.514. The maximum atomic E-state index is 4.90. The van der Waals surface area contributed by atoms with Crippen LogP contribution in [-0.4, -0.2) is 23.1 Å². The van der Waals surface area contributed by atoms with Crippen molar-refractivity contribution >= 4 is 17.3 Å². The molecule has 0 aromatic heterocycles. The smallest absolute Gasteiger partial charge is 0.218 e. The van der Waals surface area contributed by atoms with E-state index < -0.39 is 0 Å². The van der Waals surface area contributed by atoms with E-state index in [2.05, 4.69) is 10.3 Å². The van der Waals surface area contributed by atoms with Gasteiger partial charge in [0.25, 0.3) is 0 Å². The Kier molecular flexibility index (Phi) is 2.56. The summed E-state index contributed by atoms with van der Waals surface area (Å²) in [5, 5.41) is 7.20. The summed E-state index contributed by atoms with van der Waals surface area (Å²) < 4.78 is 0. The average molecular weight is 158 g/mol. The summed E-state index contributed by atoms with van der Waals surface area (Å²) in [4.78, 5) is 2.01. The number of hydrogen-bond donors (Lipinski definition) is 1. The molecule has 0 saturated carbocycles. The Morgan fingerprint density at radius 2 is 2.00 bits per heavy atom. The van der Waals surface area contributed by atoms with Crippen molar-refractivity contribution in [2.45, 2.75) is 12.8 Å². The largest absolute Gasteiger partial charge is 0.346 e. The second-order valence-corrected chi connectivity index (χ2v) is 2.56. The molecule has 1 fully saturated rings. The van der Waals surface area contributed by atoms with E-state index in [1.807, 2.05) is 4.90 Å². The van der Waals surface area contributed by atoms with Gasteiger partial charge in [-0.05, 0) is 25.1 Å². The van der Waals surface area contributed by atoms with Gasteiger partial charge in [0, 0.05) is 13.1 Å². The third-order valence-electron chi connectivity index (χ3n) is 1.52. The molecule has 0 unspecified atom stereocenters. The molecular formula is C5H10N4S. The summed E-state index contributed by atoms with van der Waals surface area (Å²) in [6.45, 7) is 2.00. The van der Waals surface area contributed by atoms with Crippen molar-refractivity contribution in [3.8, 4) is 0 Å². The van der Waals surface area contributed by atoms with Gasteiger partial charge in [-0.15, -0.1) is 5.11 Å².